The van der Waals surface area contributed by atoms with Crippen LogP contribution in [-0.2, 0) is 9.53 Å². The molecule has 0 aliphatic heterocycles. The topological polar surface area (TPSA) is 68.3 Å². The van der Waals surface area contributed by atoms with Gasteiger partial charge in [0, 0.05) is 6.54 Å². The van der Waals surface area contributed by atoms with Gasteiger partial charge in [0.05, 0.1) is 24.1 Å². The number of thiazole rings is 1. The summed E-state index contributed by atoms with van der Waals surface area (Å²) in [4.78, 5) is 29.0. The minimum atomic E-state index is -0.342. The number of amides is 1. The molecule has 0 aromatic carbocycles. The van der Waals surface area contributed by atoms with Gasteiger partial charge in [0.15, 0.2) is 0 Å². The molecular weight excluding hydrogens is 296 g/mol. The summed E-state index contributed by atoms with van der Waals surface area (Å²) < 4.78 is 4.52. The summed E-state index contributed by atoms with van der Waals surface area (Å²) in [6.07, 6.45) is 0.165. The van der Waals surface area contributed by atoms with E-state index in [1.54, 1.807) is 11.3 Å². The predicted molar refractivity (Wildman–Crippen MR) is 79.1 cm³/mol. The van der Waals surface area contributed by atoms with Crippen LogP contribution in [0.15, 0.2) is 17.5 Å². The predicted octanol–water partition coefficient (Wildman–Crippen LogP) is 2.47. The van der Waals surface area contributed by atoms with Crippen LogP contribution < -0.4 is 5.32 Å². The SMILES string of the molecule is COC(=O)CCNC(=O)c1sc(-c2cccs2)nc1C. The number of aryl methyl sites for hydroxylation is 1. The smallest absolute Gasteiger partial charge is 0.307 e. The third kappa shape index (κ3) is 3.43. The molecule has 0 bridgehead atoms. The van der Waals surface area contributed by atoms with Gasteiger partial charge < -0.3 is 10.1 Å². The first-order valence-electron chi connectivity index (χ1n) is 5.98. The number of rotatable bonds is 5. The Morgan fingerprint density at radius 1 is 1.45 bits per heavy atom. The number of methoxy groups -OCH3 is 1. The van der Waals surface area contributed by atoms with Crippen LogP contribution in [0.25, 0.3) is 9.88 Å². The number of nitrogens with one attached hydrogen (secondary N) is 1. The Kier molecular flexibility index (Phi) is 4.86. The molecule has 0 fully saturated rings. The lowest BCUT2D eigenvalue weighted by Gasteiger charge is -2.02. The molecule has 7 heteroatoms. The molecule has 0 aliphatic carbocycles. The van der Waals surface area contributed by atoms with Crippen molar-refractivity contribution < 1.29 is 14.3 Å². The first-order chi connectivity index (χ1) is 9.61. The van der Waals surface area contributed by atoms with Crippen LogP contribution >= 0.6 is 22.7 Å². The summed E-state index contributed by atoms with van der Waals surface area (Å²) in [7, 11) is 1.32. The maximum Gasteiger partial charge on any atom is 0.307 e. The van der Waals surface area contributed by atoms with Crippen molar-refractivity contribution in [1.29, 1.82) is 0 Å². The molecule has 0 saturated carbocycles. The minimum Gasteiger partial charge on any atom is -0.469 e. The molecule has 0 saturated heterocycles. The maximum absolute atomic E-state index is 12.0. The number of carbonyl (C=O) groups excluding carboxylic acids is 2. The number of aromatic nitrogens is 1. The van der Waals surface area contributed by atoms with Gasteiger partial charge in [0.1, 0.15) is 9.88 Å². The van der Waals surface area contributed by atoms with Gasteiger partial charge in [-0.2, -0.15) is 0 Å². The number of hydrogen-bond acceptors (Lipinski definition) is 6. The lowest BCUT2D eigenvalue weighted by atomic mass is 10.3. The maximum atomic E-state index is 12.0. The van der Waals surface area contributed by atoms with Crippen molar-refractivity contribution >= 4 is 34.6 Å². The van der Waals surface area contributed by atoms with Gasteiger partial charge in [0.25, 0.3) is 5.91 Å². The van der Waals surface area contributed by atoms with E-state index in [-0.39, 0.29) is 24.8 Å². The van der Waals surface area contributed by atoms with Crippen LogP contribution in [0.3, 0.4) is 0 Å². The van der Waals surface area contributed by atoms with E-state index in [1.165, 1.54) is 18.4 Å². The van der Waals surface area contributed by atoms with Crippen LogP contribution in [0, 0.1) is 6.92 Å². The van der Waals surface area contributed by atoms with Crippen molar-refractivity contribution in [2.24, 2.45) is 0 Å². The highest BCUT2D eigenvalue weighted by Gasteiger charge is 2.16. The highest BCUT2D eigenvalue weighted by molar-refractivity contribution is 7.22. The van der Waals surface area contributed by atoms with E-state index < -0.39 is 0 Å². The molecule has 1 N–H and O–H groups in total. The van der Waals surface area contributed by atoms with Gasteiger partial charge in [-0.25, -0.2) is 4.98 Å². The van der Waals surface area contributed by atoms with E-state index in [1.807, 2.05) is 24.4 Å². The second-order valence-electron chi connectivity index (χ2n) is 3.99. The van der Waals surface area contributed by atoms with Crippen LogP contribution in [-0.4, -0.2) is 30.5 Å². The molecule has 0 unspecified atom stereocenters. The molecule has 0 aliphatic rings. The quantitative estimate of drug-likeness (QED) is 0.861. The fourth-order valence-electron chi connectivity index (χ4n) is 1.57. The molecular formula is C13H14N2O3S2. The Labute approximate surface area is 124 Å². The summed E-state index contributed by atoms with van der Waals surface area (Å²) in [5.41, 5.74) is 0.703. The van der Waals surface area contributed by atoms with Gasteiger partial charge in [-0.05, 0) is 18.4 Å². The first-order valence-corrected chi connectivity index (χ1v) is 7.67. The molecule has 5 nitrogen and oxygen atoms in total. The molecule has 2 heterocycles. The van der Waals surface area contributed by atoms with Crippen molar-refractivity contribution in [3.8, 4) is 9.88 Å². The summed E-state index contributed by atoms with van der Waals surface area (Å²) in [6.45, 7) is 2.07. The fraction of sp³-hybridized carbons (Fsp3) is 0.308. The Morgan fingerprint density at radius 3 is 2.90 bits per heavy atom. The molecule has 20 heavy (non-hydrogen) atoms. The highest BCUT2D eigenvalue weighted by Crippen LogP contribution is 2.30. The van der Waals surface area contributed by atoms with Gasteiger partial charge in [-0.1, -0.05) is 6.07 Å². The molecule has 0 spiro atoms. The van der Waals surface area contributed by atoms with Crippen molar-refractivity contribution in [2.75, 3.05) is 13.7 Å². The van der Waals surface area contributed by atoms with Crippen molar-refractivity contribution in [2.45, 2.75) is 13.3 Å². The zero-order valence-corrected chi connectivity index (χ0v) is 12.8. The lowest BCUT2D eigenvalue weighted by molar-refractivity contribution is -0.140. The van der Waals surface area contributed by atoms with E-state index >= 15 is 0 Å². The number of nitrogens with zero attached hydrogens (tertiary/aromatic N) is 1. The Bertz CT molecular complexity index is 605. The van der Waals surface area contributed by atoms with Gasteiger partial charge in [-0.3, -0.25) is 9.59 Å². The third-order valence-corrected chi connectivity index (χ3v) is 4.77. The standard InChI is InChI=1S/C13H14N2O3S2/c1-8-11(12(17)14-6-5-10(16)18-2)20-13(15-8)9-4-3-7-19-9/h3-4,7H,5-6H2,1-2H3,(H,14,17). The molecule has 0 atom stereocenters. The molecule has 2 aromatic rings. The summed E-state index contributed by atoms with van der Waals surface area (Å²) >= 11 is 2.95. The van der Waals surface area contributed by atoms with E-state index in [4.69, 9.17) is 0 Å². The van der Waals surface area contributed by atoms with Gasteiger partial charge in [0.2, 0.25) is 0 Å². The minimum absolute atomic E-state index is 0.165. The lowest BCUT2D eigenvalue weighted by Crippen LogP contribution is -2.26. The number of ether oxygens (including phenoxy) is 1. The van der Waals surface area contributed by atoms with Crippen LogP contribution in [0.2, 0.25) is 0 Å². The van der Waals surface area contributed by atoms with Crippen molar-refractivity contribution in [3.63, 3.8) is 0 Å². The van der Waals surface area contributed by atoms with E-state index in [9.17, 15) is 9.59 Å². The van der Waals surface area contributed by atoms with E-state index in [0.29, 0.717) is 10.6 Å². The fourth-order valence-corrected chi connectivity index (χ4v) is 3.35. The number of esters is 1. The molecule has 1 amide bonds. The second kappa shape index (κ2) is 6.62. The Hall–Kier alpha value is -1.73. The van der Waals surface area contributed by atoms with Gasteiger partial charge >= 0.3 is 5.97 Å². The molecule has 2 rings (SSSR count). The molecule has 0 radical (unpaired) electrons. The van der Waals surface area contributed by atoms with Crippen LogP contribution in [0.5, 0.6) is 0 Å². The zero-order valence-electron chi connectivity index (χ0n) is 11.1. The van der Waals surface area contributed by atoms with E-state index in [0.717, 1.165) is 9.88 Å². The Balaban J connectivity index is 2.02. The largest absolute Gasteiger partial charge is 0.469 e. The summed E-state index contributed by atoms with van der Waals surface area (Å²) in [5.74, 6) is -0.544. The van der Waals surface area contributed by atoms with Crippen molar-refractivity contribution in [3.05, 3.63) is 28.1 Å². The highest BCUT2D eigenvalue weighted by atomic mass is 32.1. The summed E-state index contributed by atoms with van der Waals surface area (Å²) in [6, 6.07) is 3.93. The average Bonchev–Trinajstić information content (AvgIpc) is 3.07. The second-order valence-corrected chi connectivity index (χ2v) is 5.94. The molecule has 2 aromatic heterocycles. The first kappa shape index (κ1) is 14.7. The van der Waals surface area contributed by atoms with Gasteiger partial charge in [-0.15, -0.1) is 22.7 Å². The molecule has 106 valence electrons. The number of thiophene rings is 1. The average molecular weight is 310 g/mol. The third-order valence-electron chi connectivity index (χ3n) is 2.58. The zero-order chi connectivity index (χ0) is 14.5. The normalized spacial score (nSPS) is 10.3. The monoisotopic (exact) mass is 310 g/mol. The van der Waals surface area contributed by atoms with E-state index in [2.05, 4.69) is 15.0 Å². The number of carbonyl (C=O) groups is 2. The summed E-state index contributed by atoms with van der Waals surface area (Å²) in [5, 5.41) is 5.52. The van der Waals surface area contributed by atoms with Crippen LogP contribution in [0.1, 0.15) is 21.8 Å². The van der Waals surface area contributed by atoms with Crippen LogP contribution in [0.4, 0.5) is 0 Å². The van der Waals surface area contributed by atoms with Crippen molar-refractivity contribution in [1.82, 2.24) is 10.3 Å². The Morgan fingerprint density at radius 2 is 2.25 bits per heavy atom. The number of hydrogen-bond donors (Lipinski definition) is 1.